The van der Waals surface area contributed by atoms with Crippen LogP contribution in [0.25, 0.3) is 10.9 Å². The lowest BCUT2D eigenvalue weighted by Crippen LogP contribution is -2.07. The number of esters is 1. The molecule has 1 aromatic heterocycles. The number of hydrogen-bond donors (Lipinski definition) is 0. The summed E-state index contributed by atoms with van der Waals surface area (Å²) in [4.78, 5) is 14.3. The van der Waals surface area contributed by atoms with Crippen molar-refractivity contribution in [2.24, 2.45) is 0 Å². The van der Waals surface area contributed by atoms with Gasteiger partial charge in [-0.3, -0.25) is 4.79 Å². The van der Waals surface area contributed by atoms with Gasteiger partial charge in [0.2, 0.25) is 0 Å². The summed E-state index contributed by atoms with van der Waals surface area (Å²) < 4.78 is 9.57. The van der Waals surface area contributed by atoms with Gasteiger partial charge in [0.25, 0.3) is 0 Å². The summed E-state index contributed by atoms with van der Waals surface area (Å²) >= 11 is 13.9. The second-order valence-electron chi connectivity index (χ2n) is 6.47. The summed E-state index contributed by atoms with van der Waals surface area (Å²) in [6.07, 6.45) is 1.37. The molecule has 0 bridgehead atoms. The third kappa shape index (κ3) is 3.78. The van der Waals surface area contributed by atoms with Crippen molar-refractivity contribution in [2.45, 2.75) is 35.1 Å². The lowest BCUT2D eigenvalue weighted by atomic mass is 10.00. The molecule has 0 fully saturated rings. The molecule has 0 spiro atoms. The number of benzene rings is 2. The molecule has 27 heavy (non-hydrogen) atoms. The van der Waals surface area contributed by atoms with Gasteiger partial charge in [-0.1, -0.05) is 39.3 Å². The van der Waals surface area contributed by atoms with E-state index in [0.717, 1.165) is 27.4 Å². The van der Waals surface area contributed by atoms with E-state index in [0.29, 0.717) is 6.42 Å². The van der Waals surface area contributed by atoms with Crippen LogP contribution in [0.5, 0.6) is 0 Å². The van der Waals surface area contributed by atoms with Gasteiger partial charge in [0.15, 0.2) is 0 Å². The molecule has 2 heterocycles. The van der Waals surface area contributed by atoms with Gasteiger partial charge in [0.05, 0.1) is 19.0 Å². The van der Waals surface area contributed by atoms with Crippen LogP contribution in [0, 0.1) is 3.57 Å². The van der Waals surface area contributed by atoms with E-state index in [1.54, 1.807) is 11.8 Å². The first kappa shape index (κ1) is 19.6. The van der Waals surface area contributed by atoms with Gasteiger partial charge < -0.3 is 9.30 Å². The molecular weight excluding hydrogens is 561 g/mol. The maximum atomic E-state index is 12.0. The Morgan fingerprint density at radius 3 is 2.81 bits per heavy atom. The van der Waals surface area contributed by atoms with Gasteiger partial charge in [0.1, 0.15) is 0 Å². The van der Waals surface area contributed by atoms with Crippen molar-refractivity contribution in [1.29, 1.82) is 0 Å². The van der Waals surface area contributed by atoms with Crippen molar-refractivity contribution in [3.05, 3.63) is 55.2 Å². The molecule has 3 aromatic rings. The summed E-state index contributed by atoms with van der Waals surface area (Å²) in [6.45, 7) is 0.918. The molecule has 4 rings (SSSR count). The van der Waals surface area contributed by atoms with E-state index < -0.39 is 0 Å². The van der Waals surface area contributed by atoms with E-state index in [9.17, 15) is 4.79 Å². The highest BCUT2D eigenvalue weighted by Gasteiger charge is 2.32. The Morgan fingerprint density at radius 1 is 1.37 bits per heavy atom. The number of hydrogen-bond acceptors (Lipinski definition) is 3. The summed E-state index contributed by atoms with van der Waals surface area (Å²) in [5.41, 5.74) is 2.45. The van der Waals surface area contributed by atoms with Crippen LogP contribution in [0.2, 0.25) is 5.02 Å². The molecule has 0 aliphatic carbocycles. The normalized spacial score (nSPS) is 15.9. The zero-order chi connectivity index (χ0) is 19.1. The van der Waals surface area contributed by atoms with Crippen molar-refractivity contribution in [1.82, 2.24) is 4.57 Å². The summed E-state index contributed by atoms with van der Waals surface area (Å²) in [7, 11) is 1.45. The number of halogens is 3. The van der Waals surface area contributed by atoms with Gasteiger partial charge in [-0.2, -0.15) is 0 Å². The average molecular weight is 577 g/mol. The van der Waals surface area contributed by atoms with E-state index in [1.807, 2.05) is 24.3 Å². The first-order chi connectivity index (χ1) is 13.0. The maximum absolute atomic E-state index is 12.0. The highest BCUT2D eigenvalue weighted by atomic mass is 127. The fraction of sp³-hybridized carbons (Fsp3) is 0.250. The fourth-order valence-electron chi connectivity index (χ4n) is 3.65. The number of aromatic nitrogens is 1. The third-order valence-corrected chi connectivity index (χ3v) is 7.46. The molecule has 140 valence electrons. The number of ether oxygens (including phenoxy) is 1. The molecule has 1 unspecified atom stereocenters. The Hall–Kier alpha value is -0.700. The molecule has 7 heteroatoms. The van der Waals surface area contributed by atoms with Gasteiger partial charge in [-0.15, -0.1) is 0 Å². The lowest BCUT2D eigenvalue weighted by molar-refractivity contribution is -0.141. The monoisotopic (exact) mass is 575 g/mol. The minimum absolute atomic E-state index is 0.158. The van der Waals surface area contributed by atoms with Crippen molar-refractivity contribution < 1.29 is 9.53 Å². The van der Waals surface area contributed by atoms with E-state index in [2.05, 4.69) is 55.2 Å². The molecule has 1 aliphatic rings. The average Bonchev–Trinajstić information content (AvgIpc) is 3.17. The van der Waals surface area contributed by atoms with Gasteiger partial charge in [0, 0.05) is 46.4 Å². The predicted octanol–water partition coefficient (Wildman–Crippen LogP) is 6.86. The molecule has 0 N–H and O–H groups in total. The summed E-state index contributed by atoms with van der Waals surface area (Å²) in [5, 5.41) is 1.94. The number of carbonyl (C=O) groups is 1. The Morgan fingerprint density at radius 2 is 2.11 bits per heavy atom. The lowest BCUT2D eigenvalue weighted by Gasteiger charge is -2.12. The molecule has 0 saturated carbocycles. The Balaban J connectivity index is 1.88. The minimum atomic E-state index is -0.158. The maximum Gasteiger partial charge on any atom is 0.306 e. The number of carbonyl (C=O) groups excluding carboxylic acids is 1. The molecule has 2 aromatic carbocycles. The first-order valence-electron chi connectivity index (χ1n) is 8.49. The smallest absolute Gasteiger partial charge is 0.306 e. The van der Waals surface area contributed by atoms with Crippen LogP contribution < -0.4 is 0 Å². The van der Waals surface area contributed by atoms with Gasteiger partial charge in [-0.05, 0) is 65.4 Å². The largest absolute Gasteiger partial charge is 0.469 e. The van der Waals surface area contributed by atoms with E-state index in [4.69, 9.17) is 16.3 Å². The Kier molecular flexibility index (Phi) is 5.79. The molecule has 0 saturated heterocycles. The summed E-state index contributed by atoms with van der Waals surface area (Å²) in [5.74, 6) is 0.0130. The predicted molar refractivity (Wildman–Crippen MR) is 122 cm³/mol. The zero-order valence-corrected chi connectivity index (χ0v) is 19.8. The van der Waals surface area contributed by atoms with Crippen LogP contribution >= 0.6 is 61.9 Å². The molecule has 1 atom stereocenters. The van der Waals surface area contributed by atoms with Crippen LogP contribution in [0.15, 0.2) is 50.7 Å². The van der Waals surface area contributed by atoms with Crippen molar-refractivity contribution in [2.75, 3.05) is 7.11 Å². The quantitative estimate of drug-likeness (QED) is 0.251. The minimum Gasteiger partial charge on any atom is -0.469 e. The molecule has 0 amide bonds. The molecule has 1 aliphatic heterocycles. The summed E-state index contributed by atoms with van der Waals surface area (Å²) in [6, 6.07) is 12.2. The number of methoxy groups -OCH3 is 1. The van der Waals surface area contributed by atoms with Crippen molar-refractivity contribution in [3.8, 4) is 0 Å². The zero-order valence-electron chi connectivity index (χ0n) is 14.5. The molecule has 3 nitrogen and oxygen atoms in total. The van der Waals surface area contributed by atoms with E-state index >= 15 is 0 Å². The van der Waals surface area contributed by atoms with Crippen LogP contribution in [-0.4, -0.2) is 17.6 Å². The Bertz CT molecular complexity index is 1030. The van der Waals surface area contributed by atoms with Gasteiger partial charge in [-0.25, -0.2) is 0 Å². The topological polar surface area (TPSA) is 31.2 Å². The van der Waals surface area contributed by atoms with Gasteiger partial charge >= 0.3 is 5.97 Å². The van der Waals surface area contributed by atoms with Crippen molar-refractivity contribution in [3.63, 3.8) is 0 Å². The van der Waals surface area contributed by atoms with Crippen LogP contribution in [0.3, 0.4) is 0 Å². The second kappa shape index (κ2) is 7.97. The van der Waals surface area contributed by atoms with Crippen LogP contribution in [0.4, 0.5) is 0 Å². The van der Waals surface area contributed by atoms with E-state index in [-0.39, 0.29) is 11.9 Å². The van der Waals surface area contributed by atoms with Crippen LogP contribution in [0.1, 0.15) is 24.5 Å². The highest BCUT2D eigenvalue weighted by Crippen LogP contribution is 2.49. The highest BCUT2D eigenvalue weighted by molar-refractivity contribution is 14.1. The number of nitrogens with zero attached hydrogens (tertiary/aromatic N) is 1. The second-order valence-corrected chi connectivity index (χ2v) is 10.1. The standard InChI is InChI=1S/C20H16BrClINO2S/c1-26-17(25)8-11-6-7-24-16-10-13(23)9-15(21)18(16)20(19(11)24)27-14-4-2-12(22)3-5-14/h2-5,9-11H,6-8H2,1H3. The number of aryl methyl sites for hydroxylation is 1. The third-order valence-electron chi connectivity index (χ3n) is 4.84. The number of rotatable bonds is 4. The molecular formula is C20H16BrClINO2S. The van der Waals surface area contributed by atoms with Crippen LogP contribution in [-0.2, 0) is 16.1 Å². The number of fused-ring (bicyclic) bond motifs is 3. The SMILES string of the molecule is COC(=O)CC1CCn2c1c(Sc1ccc(Cl)cc1)c1c(Br)cc(I)cc12. The Labute approximate surface area is 189 Å². The van der Waals surface area contributed by atoms with E-state index in [1.165, 1.54) is 32.2 Å². The molecule has 0 radical (unpaired) electrons. The first-order valence-corrected chi connectivity index (χ1v) is 11.6. The fourth-order valence-corrected chi connectivity index (χ4v) is 6.80. The van der Waals surface area contributed by atoms with Crippen molar-refractivity contribution >= 4 is 78.8 Å².